The Morgan fingerprint density at radius 3 is 2.12 bits per heavy atom. The van der Waals surface area contributed by atoms with Crippen LogP contribution < -0.4 is 0 Å². The number of amides is 2. The Bertz CT molecular complexity index is 591. The first-order valence-corrected chi connectivity index (χ1v) is 8.77. The highest BCUT2D eigenvalue weighted by atomic mass is 16.6. The lowest BCUT2D eigenvalue weighted by atomic mass is 10.2. The van der Waals surface area contributed by atoms with Crippen molar-refractivity contribution in [1.82, 2.24) is 25.0 Å². The van der Waals surface area contributed by atoms with Crippen LogP contribution in [0.4, 0.5) is 0 Å². The minimum atomic E-state index is -0.0619. The molecule has 0 aliphatic carbocycles. The summed E-state index contributed by atoms with van der Waals surface area (Å²) in [6, 6.07) is 0. The number of likely N-dealkylation sites (tertiary alicyclic amines) is 1. The van der Waals surface area contributed by atoms with Crippen LogP contribution in [0.25, 0.3) is 0 Å². The van der Waals surface area contributed by atoms with Crippen molar-refractivity contribution in [3.05, 3.63) is 11.4 Å². The van der Waals surface area contributed by atoms with E-state index >= 15 is 0 Å². The maximum Gasteiger partial charge on any atom is 0.248 e. The average Bonchev–Trinajstić information content (AvgIpc) is 3.28. The predicted octanol–water partition coefficient (Wildman–Crippen LogP) is -0.339. The summed E-state index contributed by atoms with van der Waals surface area (Å²) < 4.78 is 10.0. The summed E-state index contributed by atoms with van der Waals surface area (Å²) in [7, 11) is 0. The summed E-state index contributed by atoms with van der Waals surface area (Å²) in [5, 5.41) is 7.67. The van der Waals surface area contributed by atoms with Crippen molar-refractivity contribution < 1.29 is 19.0 Å². The third-order valence-electron chi connectivity index (χ3n) is 4.75. The minimum absolute atomic E-state index is 0.00978. The number of rotatable bonds is 6. The first-order valence-electron chi connectivity index (χ1n) is 8.77. The van der Waals surface area contributed by atoms with Crippen molar-refractivity contribution in [2.75, 3.05) is 52.5 Å². The molecule has 3 rings (SSSR count). The van der Waals surface area contributed by atoms with Crippen LogP contribution >= 0.6 is 0 Å². The highest BCUT2D eigenvalue weighted by Crippen LogP contribution is 2.10. The Balaban J connectivity index is 1.34. The normalized spacial score (nSPS) is 18.8. The fourth-order valence-electron chi connectivity index (χ4n) is 3.13. The number of carbonyl (C=O) groups is 2. The van der Waals surface area contributed by atoms with Gasteiger partial charge in [-0.3, -0.25) is 14.5 Å². The van der Waals surface area contributed by atoms with Crippen LogP contribution in [0.3, 0.4) is 0 Å². The molecule has 2 fully saturated rings. The molecule has 138 valence electrons. The monoisotopic (exact) mass is 351 g/mol. The molecule has 25 heavy (non-hydrogen) atoms. The topological polar surface area (TPSA) is 92.0 Å². The lowest BCUT2D eigenvalue weighted by Gasteiger charge is -2.34. The molecule has 2 amide bonds. The van der Waals surface area contributed by atoms with E-state index in [1.807, 2.05) is 6.92 Å². The van der Waals surface area contributed by atoms with E-state index in [0.717, 1.165) is 50.4 Å². The number of nitrogens with zero attached hydrogens (tertiary/aromatic N) is 5. The summed E-state index contributed by atoms with van der Waals surface area (Å²) in [6.07, 6.45) is 2.11. The molecule has 2 aliphatic rings. The van der Waals surface area contributed by atoms with Crippen molar-refractivity contribution in [2.45, 2.75) is 26.3 Å². The molecule has 0 unspecified atom stereocenters. The molecule has 0 bridgehead atoms. The third-order valence-corrected chi connectivity index (χ3v) is 4.75. The summed E-state index contributed by atoms with van der Waals surface area (Å²) >= 11 is 0. The van der Waals surface area contributed by atoms with Gasteiger partial charge in [0.25, 0.3) is 0 Å². The van der Waals surface area contributed by atoms with Crippen LogP contribution in [-0.4, -0.2) is 89.3 Å². The summed E-state index contributed by atoms with van der Waals surface area (Å²) in [5.74, 6) is -0.0835. The third kappa shape index (κ3) is 4.76. The molecule has 0 atom stereocenters. The fourth-order valence-corrected chi connectivity index (χ4v) is 3.13. The van der Waals surface area contributed by atoms with Gasteiger partial charge in [0.05, 0.1) is 0 Å². The van der Waals surface area contributed by atoms with Gasteiger partial charge in [-0.1, -0.05) is 10.3 Å². The van der Waals surface area contributed by atoms with Gasteiger partial charge in [-0.15, -0.1) is 0 Å². The van der Waals surface area contributed by atoms with Crippen molar-refractivity contribution in [3.63, 3.8) is 0 Å². The molecule has 1 aromatic heterocycles. The average molecular weight is 351 g/mol. The number of ether oxygens (including phenoxy) is 1. The van der Waals surface area contributed by atoms with Crippen LogP contribution in [0.5, 0.6) is 0 Å². The molecule has 0 radical (unpaired) electrons. The molecule has 9 heteroatoms. The van der Waals surface area contributed by atoms with Crippen LogP contribution in [0, 0.1) is 6.92 Å². The quantitative estimate of drug-likeness (QED) is 0.692. The Labute approximate surface area is 146 Å². The van der Waals surface area contributed by atoms with Gasteiger partial charge in [0.1, 0.15) is 24.6 Å². The molecule has 0 N–H and O–H groups in total. The SMILES string of the molecule is Cc1nonc1CN1CCN(C(=O)COCC(=O)N2CCCC2)CC1. The van der Waals surface area contributed by atoms with Crippen LogP contribution in [0.15, 0.2) is 4.63 Å². The first-order chi connectivity index (χ1) is 12.1. The summed E-state index contributed by atoms with van der Waals surface area (Å²) in [5.41, 5.74) is 1.64. The number of aryl methyl sites for hydroxylation is 1. The van der Waals surface area contributed by atoms with E-state index in [1.54, 1.807) is 9.80 Å². The standard InChI is InChI=1S/C16H25N5O4/c1-13-14(18-25-17-13)10-19-6-8-21(9-7-19)16(23)12-24-11-15(22)20-4-2-3-5-20/h2-12H2,1H3. The zero-order chi connectivity index (χ0) is 17.6. The van der Waals surface area contributed by atoms with E-state index in [2.05, 4.69) is 15.2 Å². The lowest BCUT2D eigenvalue weighted by Crippen LogP contribution is -2.49. The molecule has 2 aliphatic heterocycles. The number of carbonyl (C=O) groups excluding carboxylic acids is 2. The minimum Gasteiger partial charge on any atom is -0.362 e. The van der Waals surface area contributed by atoms with E-state index < -0.39 is 0 Å². The van der Waals surface area contributed by atoms with E-state index in [-0.39, 0.29) is 25.0 Å². The highest BCUT2D eigenvalue weighted by Gasteiger charge is 2.23. The number of aromatic nitrogens is 2. The zero-order valence-electron chi connectivity index (χ0n) is 14.6. The van der Waals surface area contributed by atoms with Crippen molar-refractivity contribution >= 4 is 11.8 Å². The summed E-state index contributed by atoms with van der Waals surface area (Å²) in [6.45, 7) is 6.94. The van der Waals surface area contributed by atoms with Gasteiger partial charge in [0, 0.05) is 45.8 Å². The number of hydrogen-bond acceptors (Lipinski definition) is 7. The van der Waals surface area contributed by atoms with Gasteiger partial charge in [-0.05, 0) is 19.8 Å². The molecule has 1 aromatic rings. The number of piperazine rings is 1. The van der Waals surface area contributed by atoms with Gasteiger partial charge < -0.3 is 14.5 Å². The molecule has 9 nitrogen and oxygen atoms in total. The smallest absolute Gasteiger partial charge is 0.248 e. The lowest BCUT2D eigenvalue weighted by molar-refractivity contribution is -0.142. The second kappa shape index (κ2) is 8.39. The second-order valence-corrected chi connectivity index (χ2v) is 6.53. The van der Waals surface area contributed by atoms with E-state index in [1.165, 1.54) is 0 Å². The van der Waals surface area contributed by atoms with Crippen LogP contribution in [0.1, 0.15) is 24.2 Å². The predicted molar refractivity (Wildman–Crippen MR) is 87.5 cm³/mol. The molecule has 2 saturated heterocycles. The van der Waals surface area contributed by atoms with Crippen molar-refractivity contribution in [1.29, 1.82) is 0 Å². The van der Waals surface area contributed by atoms with Gasteiger partial charge >= 0.3 is 0 Å². The largest absolute Gasteiger partial charge is 0.362 e. The highest BCUT2D eigenvalue weighted by molar-refractivity contribution is 5.80. The molecular formula is C16H25N5O4. The Morgan fingerprint density at radius 1 is 0.960 bits per heavy atom. The maximum absolute atomic E-state index is 12.2. The summed E-state index contributed by atoms with van der Waals surface area (Å²) in [4.78, 5) is 29.9. The van der Waals surface area contributed by atoms with E-state index in [4.69, 9.17) is 9.37 Å². The molecular weight excluding hydrogens is 326 g/mol. The zero-order valence-corrected chi connectivity index (χ0v) is 14.6. The van der Waals surface area contributed by atoms with Crippen LogP contribution in [0.2, 0.25) is 0 Å². The maximum atomic E-state index is 12.2. The van der Waals surface area contributed by atoms with Gasteiger partial charge in [-0.2, -0.15) is 0 Å². The van der Waals surface area contributed by atoms with Gasteiger partial charge in [-0.25, -0.2) is 4.63 Å². The Kier molecular flexibility index (Phi) is 5.98. The number of hydrogen-bond donors (Lipinski definition) is 0. The molecule has 3 heterocycles. The van der Waals surface area contributed by atoms with Crippen molar-refractivity contribution in [2.24, 2.45) is 0 Å². The Morgan fingerprint density at radius 2 is 1.56 bits per heavy atom. The molecule has 0 saturated carbocycles. The first kappa shape index (κ1) is 17.8. The van der Waals surface area contributed by atoms with Gasteiger partial charge in [0.15, 0.2) is 0 Å². The van der Waals surface area contributed by atoms with Crippen molar-refractivity contribution in [3.8, 4) is 0 Å². The van der Waals surface area contributed by atoms with E-state index in [0.29, 0.717) is 19.6 Å². The van der Waals surface area contributed by atoms with E-state index in [9.17, 15) is 9.59 Å². The molecule has 0 aromatic carbocycles. The second-order valence-electron chi connectivity index (χ2n) is 6.53. The Hall–Kier alpha value is -2.00. The molecule has 0 spiro atoms. The van der Waals surface area contributed by atoms with Crippen LogP contribution in [-0.2, 0) is 20.9 Å². The fraction of sp³-hybridized carbons (Fsp3) is 0.750. The van der Waals surface area contributed by atoms with Gasteiger partial charge in [0.2, 0.25) is 11.8 Å².